The van der Waals surface area contributed by atoms with Crippen LogP contribution in [0.3, 0.4) is 0 Å². The van der Waals surface area contributed by atoms with Crippen molar-refractivity contribution in [2.45, 2.75) is 79.7 Å². The largest absolute Gasteiger partial charge is 0.864 e. The standard InChI is InChI=1S/C33H45BO9/c1-7-22-35-25(4)38-28-16-10-13-19-31(28)41-34(42-32-20-14-11-17-29(32)39-26(5)36-23-8-2)43-33-21-15-12-18-30(33)40-27(6)37-24-9-3/h10-21,25-27H,7-9,22-24H2,1-6H3. The van der Waals surface area contributed by atoms with Crippen molar-refractivity contribution in [1.82, 2.24) is 0 Å². The lowest BCUT2D eigenvalue weighted by Gasteiger charge is -2.23. The number of hydrogen-bond donors (Lipinski definition) is 0. The molecule has 43 heavy (non-hydrogen) atoms. The molecule has 3 atom stereocenters. The first-order valence-corrected chi connectivity index (χ1v) is 15.0. The Labute approximate surface area is 256 Å². The molecule has 0 bridgehead atoms. The Hall–Kier alpha value is -3.60. The molecule has 0 amide bonds. The van der Waals surface area contributed by atoms with Crippen molar-refractivity contribution >= 4 is 7.32 Å². The van der Waals surface area contributed by atoms with Gasteiger partial charge in [0.2, 0.25) is 0 Å². The topological polar surface area (TPSA) is 83.1 Å². The van der Waals surface area contributed by atoms with E-state index in [9.17, 15) is 0 Å². The molecule has 0 saturated carbocycles. The van der Waals surface area contributed by atoms with E-state index in [1.165, 1.54) is 0 Å². The molecule has 0 aromatic heterocycles. The van der Waals surface area contributed by atoms with Crippen LogP contribution >= 0.6 is 0 Å². The van der Waals surface area contributed by atoms with Gasteiger partial charge in [0.05, 0.1) is 19.8 Å². The third kappa shape index (κ3) is 11.9. The molecule has 10 heteroatoms. The minimum absolute atomic E-state index is 0.399. The number of benzene rings is 3. The van der Waals surface area contributed by atoms with Crippen LogP contribution in [0.5, 0.6) is 34.5 Å². The summed E-state index contributed by atoms with van der Waals surface area (Å²) in [7, 11) is -1.27. The van der Waals surface area contributed by atoms with E-state index in [-0.39, 0.29) is 0 Å². The van der Waals surface area contributed by atoms with Crippen LogP contribution in [0.15, 0.2) is 72.8 Å². The highest BCUT2D eigenvalue weighted by atomic mass is 16.8. The van der Waals surface area contributed by atoms with Gasteiger partial charge in [0, 0.05) is 0 Å². The third-order valence-electron chi connectivity index (χ3n) is 5.77. The normalized spacial score (nSPS) is 13.0. The molecule has 3 aromatic carbocycles. The van der Waals surface area contributed by atoms with E-state index in [0.717, 1.165) is 19.3 Å². The smallest absolute Gasteiger partial charge is 0.486 e. The quantitative estimate of drug-likeness (QED) is 0.0909. The molecule has 0 aliphatic carbocycles. The number of ether oxygens (including phenoxy) is 6. The molecule has 0 fully saturated rings. The molecule has 234 valence electrons. The summed E-state index contributed by atoms with van der Waals surface area (Å²) in [5.41, 5.74) is 0. The molecule has 3 rings (SSSR count). The molecule has 0 saturated heterocycles. The molecule has 3 aromatic rings. The van der Waals surface area contributed by atoms with Gasteiger partial charge >= 0.3 is 7.32 Å². The van der Waals surface area contributed by atoms with Gasteiger partial charge in [-0.2, -0.15) is 0 Å². The number of rotatable bonds is 21. The van der Waals surface area contributed by atoms with E-state index in [1.807, 2.05) is 77.9 Å². The van der Waals surface area contributed by atoms with Gasteiger partial charge < -0.3 is 42.4 Å². The van der Waals surface area contributed by atoms with Gasteiger partial charge in [0.15, 0.2) is 36.1 Å². The molecule has 0 spiro atoms. The van der Waals surface area contributed by atoms with Gasteiger partial charge in [-0.05, 0) is 76.4 Å². The predicted molar refractivity (Wildman–Crippen MR) is 166 cm³/mol. The maximum absolute atomic E-state index is 6.31. The second-order valence-electron chi connectivity index (χ2n) is 9.65. The van der Waals surface area contributed by atoms with E-state index in [0.29, 0.717) is 54.3 Å². The molecule has 0 aliphatic heterocycles. The van der Waals surface area contributed by atoms with Gasteiger partial charge in [0.1, 0.15) is 17.2 Å². The Morgan fingerprint density at radius 3 is 0.953 bits per heavy atom. The van der Waals surface area contributed by atoms with E-state index < -0.39 is 26.2 Å². The highest BCUT2D eigenvalue weighted by Crippen LogP contribution is 2.34. The Morgan fingerprint density at radius 2 is 0.698 bits per heavy atom. The first-order valence-electron chi connectivity index (χ1n) is 15.0. The van der Waals surface area contributed by atoms with Crippen molar-refractivity contribution in [1.29, 1.82) is 0 Å². The fraction of sp³-hybridized carbons (Fsp3) is 0.455. The maximum Gasteiger partial charge on any atom is 0.864 e. The zero-order valence-corrected chi connectivity index (χ0v) is 26.2. The first-order chi connectivity index (χ1) is 20.9. The Kier molecular flexibility index (Phi) is 14.9. The van der Waals surface area contributed by atoms with E-state index >= 15 is 0 Å². The Morgan fingerprint density at radius 1 is 0.442 bits per heavy atom. The van der Waals surface area contributed by atoms with Crippen molar-refractivity contribution in [2.24, 2.45) is 0 Å². The molecule has 0 aliphatic rings. The van der Waals surface area contributed by atoms with Gasteiger partial charge in [-0.25, -0.2) is 0 Å². The number of hydrogen-bond acceptors (Lipinski definition) is 9. The van der Waals surface area contributed by atoms with Gasteiger partial charge in [-0.15, -0.1) is 0 Å². The lowest BCUT2D eigenvalue weighted by atomic mass is 10.1. The maximum atomic E-state index is 6.31. The Bertz CT molecular complexity index is 1050. The lowest BCUT2D eigenvalue weighted by Crippen LogP contribution is -2.37. The van der Waals surface area contributed by atoms with Gasteiger partial charge in [0.25, 0.3) is 0 Å². The van der Waals surface area contributed by atoms with Crippen LogP contribution in [0.4, 0.5) is 0 Å². The first kappa shape index (κ1) is 33.9. The van der Waals surface area contributed by atoms with Crippen molar-refractivity contribution in [3.63, 3.8) is 0 Å². The summed E-state index contributed by atoms with van der Waals surface area (Å²) in [5.74, 6) is 2.61. The molecule has 0 N–H and O–H groups in total. The fourth-order valence-electron chi connectivity index (χ4n) is 3.81. The van der Waals surface area contributed by atoms with Crippen LogP contribution in [0, 0.1) is 0 Å². The van der Waals surface area contributed by atoms with Crippen LogP contribution in [0.1, 0.15) is 60.8 Å². The van der Waals surface area contributed by atoms with Crippen molar-refractivity contribution in [3.8, 4) is 34.5 Å². The highest BCUT2D eigenvalue weighted by Gasteiger charge is 2.34. The average molecular weight is 597 g/mol. The average Bonchev–Trinajstić information content (AvgIpc) is 3.00. The highest BCUT2D eigenvalue weighted by molar-refractivity contribution is 6.39. The summed E-state index contributed by atoms with van der Waals surface area (Å²) in [6, 6.07) is 21.8. The monoisotopic (exact) mass is 596 g/mol. The Balaban J connectivity index is 1.90. The summed E-state index contributed by atoms with van der Waals surface area (Å²) in [5, 5.41) is 0. The minimum Gasteiger partial charge on any atom is -0.486 e. The summed E-state index contributed by atoms with van der Waals surface area (Å²) in [6.07, 6.45) is 1.18. The zero-order chi connectivity index (χ0) is 30.9. The summed E-state index contributed by atoms with van der Waals surface area (Å²) in [4.78, 5) is 0. The van der Waals surface area contributed by atoms with Crippen molar-refractivity contribution in [2.75, 3.05) is 19.8 Å². The van der Waals surface area contributed by atoms with Gasteiger partial charge in [-0.3, -0.25) is 0 Å². The van der Waals surface area contributed by atoms with Crippen molar-refractivity contribution in [3.05, 3.63) is 72.8 Å². The molecule has 0 heterocycles. The third-order valence-corrected chi connectivity index (χ3v) is 5.77. The number of para-hydroxylation sites is 6. The van der Waals surface area contributed by atoms with E-state index in [1.54, 1.807) is 36.4 Å². The summed E-state index contributed by atoms with van der Waals surface area (Å²) < 4.78 is 54.2. The van der Waals surface area contributed by atoms with Crippen LogP contribution in [-0.2, 0) is 14.2 Å². The van der Waals surface area contributed by atoms with Crippen LogP contribution in [0.2, 0.25) is 0 Å². The van der Waals surface area contributed by atoms with Crippen LogP contribution in [0.25, 0.3) is 0 Å². The van der Waals surface area contributed by atoms with Crippen LogP contribution < -0.4 is 28.2 Å². The van der Waals surface area contributed by atoms with Gasteiger partial charge in [-0.1, -0.05) is 57.2 Å². The molecule has 9 nitrogen and oxygen atoms in total. The molecule has 3 unspecified atom stereocenters. The second kappa shape index (κ2) is 18.8. The molecular weight excluding hydrogens is 551 g/mol. The molecular formula is C33H45BO9. The summed E-state index contributed by atoms with van der Waals surface area (Å²) >= 11 is 0. The minimum atomic E-state index is -1.27. The molecule has 0 radical (unpaired) electrons. The van der Waals surface area contributed by atoms with Crippen LogP contribution in [-0.4, -0.2) is 46.0 Å². The van der Waals surface area contributed by atoms with E-state index in [4.69, 9.17) is 42.4 Å². The fourth-order valence-corrected chi connectivity index (χ4v) is 3.81. The zero-order valence-electron chi connectivity index (χ0n) is 26.2. The summed E-state index contributed by atoms with van der Waals surface area (Å²) in [6.45, 7) is 13.4. The van der Waals surface area contributed by atoms with Crippen molar-refractivity contribution < 1.29 is 42.4 Å². The SMILES string of the molecule is CCCOC(C)Oc1ccccc1OB(Oc1ccccc1OC(C)OCCC)Oc1ccccc1OC(C)OCCC. The second-order valence-corrected chi connectivity index (χ2v) is 9.65. The predicted octanol–water partition coefficient (Wildman–Crippen LogP) is 7.66. The van der Waals surface area contributed by atoms with E-state index in [2.05, 4.69) is 0 Å². The lowest BCUT2D eigenvalue weighted by molar-refractivity contribution is -0.0672.